The van der Waals surface area contributed by atoms with Crippen molar-refractivity contribution in [2.75, 3.05) is 4.90 Å². The van der Waals surface area contributed by atoms with E-state index in [1.807, 2.05) is 0 Å². The average Bonchev–Trinajstić information content (AvgIpc) is 3.89. The van der Waals surface area contributed by atoms with Crippen molar-refractivity contribution >= 4 is 24.3 Å². The SMILES string of the molecule is N#Cc1ccc(CNC(=O)c2cc(-c3ccc(C(F)(F)F)cc3)cc(N(C3(C=O)CC3)C3(C=O)CC3)n2)cc1F. The van der Waals surface area contributed by atoms with Gasteiger partial charge in [-0.25, -0.2) is 9.37 Å². The van der Waals surface area contributed by atoms with Gasteiger partial charge in [0.05, 0.1) is 22.2 Å². The fourth-order valence-corrected chi connectivity index (χ4v) is 4.74. The van der Waals surface area contributed by atoms with Crippen molar-refractivity contribution in [2.45, 2.75) is 49.5 Å². The van der Waals surface area contributed by atoms with Crippen LogP contribution in [0.25, 0.3) is 11.1 Å². The number of amides is 1. The molecule has 1 aromatic heterocycles. The van der Waals surface area contributed by atoms with Crippen LogP contribution in [0.4, 0.5) is 23.4 Å². The van der Waals surface area contributed by atoms with Crippen molar-refractivity contribution in [1.29, 1.82) is 5.26 Å². The minimum atomic E-state index is -4.53. The predicted octanol–water partition coefficient (Wildman–Crippen LogP) is 4.98. The van der Waals surface area contributed by atoms with E-state index in [0.717, 1.165) is 30.8 Å². The molecular weight excluding hydrogens is 528 g/mol. The summed E-state index contributed by atoms with van der Waals surface area (Å²) in [5.41, 5.74) is -1.88. The largest absolute Gasteiger partial charge is 0.416 e. The Morgan fingerprint density at radius 1 is 0.975 bits per heavy atom. The molecule has 11 heteroatoms. The van der Waals surface area contributed by atoms with Crippen LogP contribution in [0.2, 0.25) is 0 Å². The van der Waals surface area contributed by atoms with Crippen LogP contribution in [0, 0.1) is 17.1 Å². The van der Waals surface area contributed by atoms with E-state index in [4.69, 9.17) is 5.26 Å². The number of pyridine rings is 1. The number of nitrogens with zero attached hydrogens (tertiary/aromatic N) is 3. The molecule has 1 N–H and O–H groups in total. The van der Waals surface area contributed by atoms with Gasteiger partial charge in [0.1, 0.15) is 36.0 Å². The normalized spacial score (nSPS) is 16.4. The topological polar surface area (TPSA) is 103 Å². The first-order valence-electron chi connectivity index (χ1n) is 12.4. The summed E-state index contributed by atoms with van der Waals surface area (Å²) in [5.74, 6) is -1.21. The molecule has 2 fully saturated rings. The second-order valence-electron chi connectivity index (χ2n) is 10.1. The minimum absolute atomic E-state index is 0.0940. The van der Waals surface area contributed by atoms with Crippen LogP contribution in [-0.4, -0.2) is 34.5 Å². The molecular formula is C29H22F4N4O3. The molecule has 2 saturated carbocycles. The highest BCUT2D eigenvalue weighted by atomic mass is 19.4. The Morgan fingerprint density at radius 3 is 2.10 bits per heavy atom. The van der Waals surface area contributed by atoms with E-state index in [1.165, 1.54) is 30.3 Å². The molecule has 1 heterocycles. The van der Waals surface area contributed by atoms with Crippen LogP contribution in [-0.2, 0) is 22.3 Å². The highest BCUT2D eigenvalue weighted by molar-refractivity contribution is 5.95. The Morgan fingerprint density at radius 2 is 1.60 bits per heavy atom. The molecule has 5 rings (SSSR count). The van der Waals surface area contributed by atoms with Gasteiger partial charge in [-0.1, -0.05) is 18.2 Å². The number of halogens is 4. The molecule has 0 unspecified atom stereocenters. The number of hydrogen-bond acceptors (Lipinski definition) is 6. The van der Waals surface area contributed by atoms with Gasteiger partial charge in [-0.3, -0.25) is 4.79 Å². The van der Waals surface area contributed by atoms with Crippen molar-refractivity contribution in [2.24, 2.45) is 0 Å². The van der Waals surface area contributed by atoms with Crippen LogP contribution in [0.3, 0.4) is 0 Å². The molecule has 7 nitrogen and oxygen atoms in total. The highest BCUT2D eigenvalue weighted by Gasteiger charge is 2.61. The number of hydrogen-bond donors (Lipinski definition) is 1. The lowest BCUT2D eigenvalue weighted by Gasteiger charge is -2.35. The van der Waals surface area contributed by atoms with E-state index in [0.29, 0.717) is 42.4 Å². The monoisotopic (exact) mass is 550 g/mol. The van der Waals surface area contributed by atoms with Gasteiger partial charge in [-0.05, 0) is 78.8 Å². The molecule has 1 amide bonds. The fourth-order valence-electron chi connectivity index (χ4n) is 4.74. The number of carbonyl (C=O) groups is 3. The average molecular weight is 551 g/mol. The maximum Gasteiger partial charge on any atom is 0.416 e. The quantitative estimate of drug-likeness (QED) is 0.298. The fraction of sp³-hybridized carbons (Fsp3) is 0.276. The first-order chi connectivity index (χ1) is 19.0. The summed E-state index contributed by atoms with van der Waals surface area (Å²) in [5, 5.41) is 11.5. The maximum absolute atomic E-state index is 14.0. The Balaban J connectivity index is 1.53. The molecule has 0 bridgehead atoms. The van der Waals surface area contributed by atoms with E-state index in [1.54, 1.807) is 17.0 Å². The summed E-state index contributed by atoms with van der Waals surface area (Å²) in [6.07, 6.45) is -1.04. The van der Waals surface area contributed by atoms with Gasteiger partial charge in [-0.2, -0.15) is 18.4 Å². The maximum atomic E-state index is 14.0. The number of anilines is 1. The van der Waals surface area contributed by atoms with Gasteiger partial charge in [0.15, 0.2) is 0 Å². The number of aromatic nitrogens is 1. The molecule has 40 heavy (non-hydrogen) atoms. The lowest BCUT2D eigenvalue weighted by Crippen LogP contribution is -2.49. The molecule has 0 aliphatic heterocycles. The second-order valence-corrected chi connectivity index (χ2v) is 10.1. The Bertz CT molecular complexity index is 1510. The van der Waals surface area contributed by atoms with Gasteiger partial charge in [0.25, 0.3) is 5.91 Å². The number of aldehydes is 2. The third-order valence-corrected chi connectivity index (χ3v) is 7.28. The van der Waals surface area contributed by atoms with Gasteiger partial charge >= 0.3 is 6.18 Å². The van der Waals surface area contributed by atoms with Gasteiger partial charge in [0.2, 0.25) is 0 Å². The lowest BCUT2D eigenvalue weighted by atomic mass is 10.0. The zero-order valence-electron chi connectivity index (χ0n) is 21.0. The molecule has 0 atom stereocenters. The van der Waals surface area contributed by atoms with Crippen molar-refractivity contribution in [1.82, 2.24) is 10.3 Å². The Kier molecular flexibility index (Phi) is 6.66. The minimum Gasteiger partial charge on any atom is -0.347 e. The molecule has 0 saturated heterocycles. The second kappa shape index (κ2) is 9.86. The molecule has 0 radical (unpaired) electrons. The Hall–Kier alpha value is -4.59. The molecule has 0 spiro atoms. The summed E-state index contributed by atoms with van der Waals surface area (Å²) in [7, 11) is 0. The highest BCUT2D eigenvalue weighted by Crippen LogP contribution is 2.53. The van der Waals surface area contributed by atoms with Crippen LogP contribution >= 0.6 is 0 Å². The van der Waals surface area contributed by atoms with E-state index >= 15 is 0 Å². The van der Waals surface area contributed by atoms with Crippen molar-refractivity contribution < 1.29 is 31.9 Å². The number of nitrogens with one attached hydrogen (secondary N) is 1. The molecule has 3 aromatic rings. The summed E-state index contributed by atoms with van der Waals surface area (Å²) in [4.78, 5) is 43.6. The molecule has 2 aromatic carbocycles. The first kappa shape index (κ1) is 27.0. The summed E-state index contributed by atoms with van der Waals surface area (Å²) in [6.45, 7) is -0.0940. The predicted molar refractivity (Wildman–Crippen MR) is 135 cm³/mol. The standard InChI is InChI=1S/C29H22F4N4O3/c30-23-11-18(1-2-20(23)14-34)15-35-26(40)24-12-21(19-3-5-22(6-4-19)29(31,32)33)13-25(36-24)37(27(16-38)7-8-27)28(17-39)9-10-28/h1-6,11-13,16-17H,7-10,15H2,(H,35,40). The summed E-state index contributed by atoms with van der Waals surface area (Å²) < 4.78 is 53.4. The number of benzene rings is 2. The van der Waals surface area contributed by atoms with E-state index in [9.17, 15) is 31.9 Å². The van der Waals surface area contributed by atoms with Gasteiger partial charge in [0, 0.05) is 6.54 Å². The molecule has 2 aliphatic rings. The van der Waals surface area contributed by atoms with Crippen LogP contribution < -0.4 is 10.2 Å². The third kappa shape index (κ3) is 5.04. The van der Waals surface area contributed by atoms with Crippen LogP contribution in [0.15, 0.2) is 54.6 Å². The van der Waals surface area contributed by atoms with Crippen molar-refractivity contribution in [3.8, 4) is 17.2 Å². The van der Waals surface area contributed by atoms with E-state index in [-0.39, 0.29) is 23.6 Å². The lowest BCUT2D eigenvalue weighted by molar-refractivity contribution is -0.137. The van der Waals surface area contributed by atoms with Gasteiger partial charge in [-0.15, -0.1) is 0 Å². The summed E-state index contributed by atoms with van der Waals surface area (Å²) >= 11 is 0. The van der Waals surface area contributed by atoms with E-state index in [2.05, 4.69) is 10.3 Å². The van der Waals surface area contributed by atoms with Crippen LogP contribution in [0.5, 0.6) is 0 Å². The third-order valence-electron chi connectivity index (χ3n) is 7.28. The number of carbonyl (C=O) groups excluding carboxylic acids is 3. The van der Waals surface area contributed by atoms with Crippen molar-refractivity contribution in [3.05, 3.63) is 82.8 Å². The number of rotatable bonds is 9. The molecule has 204 valence electrons. The zero-order chi connectivity index (χ0) is 28.7. The molecule has 2 aliphatic carbocycles. The van der Waals surface area contributed by atoms with Crippen molar-refractivity contribution in [3.63, 3.8) is 0 Å². The smallest absolute Gasteiger partial charge is 0.347 e. The zero-order valence-corrected chi connectivity index (χ0v) is 21.0. The summed E-state index contributed by atoms with van der Waals surface area (Å²) in [6, 6.07) is 13.0. The first-order valence-corrected chi connectivity index (χ1v) is 12.4. The Labute approximate surface area is 226 Å². The number of nitriles is 1. The van der Waals surface area contributed by atoms with E-state index < -0.39 is 34.5 Å². The van der Waals surface area contributed by atoms with Gasteiger partial charge < -0.3 is 19.8 Å². The number of alkyl halides is 3. The van der Waals surface area contributed by atoms with Crippen LogP contribution in [0.1, 0.15) is 52.9 Å².